The minimum absolute atomic E-state index is 0.0414. The maximum atomic E-state index is 12.9. The first kappa shape index (κ1) is 18.7. The van der Waals surface area contributed by atoms with Gasteiger partial charge >= 0.3 is 5.69 Å². The number of sulfonamides is 1. The smallest absolute Gasteiger partial charge is 0.295 e. The van der Waals surface area contributed by atoms with E-state index in [1.165, 1.54) is 15.2 Å². The van der Waals surface area contributed by atoms with Crippen LogP contribution in [0.25, 0.3) is 11.0 Å². The van der Waals surface area contributed by atoms with Crippen molar-refractivity contribution in [2.75, 3.05) is 4.72 Å². The molecule has 0 spiro atoms. The van der Waals surface area contributed by atoms with Crippen LogP contribution < -0.4 is 10.4 Å². The summed E-state index contributed by atoms with van der Waals surface area (Å²) in [6.45, 7) is 5.81. The van der Waals surface area contributed by atoms with E-state index in [0.29, 0.717) is 15.5 Å². The van der Waals surface area contributed by atoms with Crippen LogP contribution >= 0.6 is 15.9 Å². The molecule has 0 unspecified atom stereocenters. The van der Waals surface area contributed by atoms with E-state index < -0.39 is 10.0 Å². The lowest BCUT2D eigenvalue weighted by Gasteiger charge is -2.10. The zero-order valence-corrected chi connectivity index (χ0v) is 17.5. The fourth-order valence-corrected chi connectivity index (χ4v) is 5.08. The molecule has 26 heavy (non-hydrogen) atoms. The van der Waals surface area contributed by atoms with Crippen molar-refractivity contribution in [2.24, 2.45) is 14.1 Å². The minimum Gasteiger partial charge on any atom is -0.295 e. The van der Waals surface area contributed by atoms with Crippen LogP contribution in [-0.4, -0.2) is 27.7 Å². The zero-order valence-electron chi connectivity index (χ0n) is 15.1. The number of rotatable bonds is 4. The molecule has 0 bridgehead atoms. The highest BCUT2D eigenvalue weighted by Gasteiger charge is 2.24. The van der Waals surface area contributed by atoms with Crippen molar-refractivity contribution in [3.63, 3.8) is 0 Å². The summed E-state index contributed by atoms with van der Waals surface area (Å²) in [7, 11) is -0.645. The molecular weight excluding hydrogens is 422 g/mol. The number of fused-ring (bicyclic) bond motifs is 1. The van der Waals surface area contributed by atoms with E-state index in [4.69, 9.17) is 0 Å². The van der Waals surface area contributed by atoms with Gasteiger partial charge < -0.3 is 0 Å². The van der Waals surface area contributed by atoms with Crippen LogP contribution in [0.3, 0.4) is 0 Å². The topological polar surface area (TPSA) is 102 Å². The average Bonchev–Trinajstić information content (AvgIpc) is 3.01. The molecule has 0 amide bonds. The van der Waals surface area contributed by atoms with Crippen LogP contribution in [0, 0.1) is 6.92 Å². The van der Waals surface area contributed by atoms with Gasteiger partial charge in [-0.3, -0.25) is 19.0 Å². The van der Waals surface area contributed by atoms with Gasteiger partial charge in [-0.25, -0.2) is 13.2 Å². The second-order valence-electron chi connectivity index (χ2n) is 6.54. The first-order valence-corrected chi connectivity index (χ1v) is 10.2. The standard InChI is InChI=1S/C16H20BrN5O3S/c1-8(2)14-9(3)15(19-18-14)20-26(24,25)13-7-12-11(6-10(13)17)21(4)16(23)22(12)5/h6-8H,1-5H3,(H2,18,19,20). The molecule has 3 aromatic rings. The Morgan fingerprint density at radius 3 is 2.31 bits per heavy atom. The number of halogens is 1. The number of imidazole rings is 1. The molecule has 0 aliphatic carbocycles. The maximum Gasteiger partial charge on any atom is 0.328 e. The molecule has 2 heterocycles. The van der Waals surface area contributed by atoms with Crippen LogP contribution in [0.2, 0.25) is 0 Å². The highest BCUT2D eigenvalue weighted by Crippen LogP contribution is 2.30. The number of benzene rings is 1. The number of hydrogen-bond acceptors (Lipinski definition) is 4. The van der Waals surface area contributed by atoms with Gasteiger partial charge in [0.25, 0.3) is 10.0 Å². The third-order valence-corrected chi connectivity index (χ3v) is 6.77. The van der Waals surface area contributed by atoms with Crippen molar-refractivity contribution in [3.8, 4) is 0 Å². The van der Waals surface area contributed by atoms with E-state index in [-0.39, 0.29) is 22.3 Å². The molecule has 0 saturated heterocycles. The molecule has 0 aliphatic heterocycles. The largest absolute Gasteiger partial charge is 0.328 e. The molecule has 0 atom stereocenters. The SMILES string of the molecule is Cc1c(NS(=O)(=O)c2cc3c(cc2Br)n(C)c(=O)n3C)n[nH]c1C(C)C. The Morgan fingerprint density at radius 1 is 1.19 bits per heavy atom. The lowest BCUT2D eigenvalue weighted by Crippen LogP contribution is -2.19. The van der Waals surface area contributed by atoms with Gasteiger partial charge in [0.1, 0.15) is 4.90 Å². The van der Waals surface area contributed by atoms with Crippen LogP contribution in [0.15, 0.2) is 26.3 Å². The number of aryl methyl sites for hydroxylation is 2. The minimum atomic E-state index is -3.89. The lowest BCUT2D eigenvalue weighted by atomic mass is 10.1. The number of hydrogen-bond donors (Lipinski definition) is 2. The van der Waals surface area contributed by atoms with Crippen molar-refractivity contribution in [1.29, 1.82) is 0 Å². The molecule has 2 aromatic heterocycles. The van der Waals surface area contributed by atoms with E-state index in [2.05, 4.69) is 30.8 Å². The first-order valence-electron chi connectivity index (χ1n) is 7.97. The van der Waals surface area contributed by atoms with E-state index in [1.54, 1.807) is 20.2 Å². The maximum absolute atomic E-state index is 12.9. The van der Waals surface area contributed by atoms with Crippen LogP contribution in [-0.2, 0) is 24.1 Å². The number of nitrogens with zero attached hydrogens (tertiary/aromatic N) is 3. The Hall–Kier alpha value is -2.07. The quantitative estimate of drug-likeness (QED) is 0.649. The normalized spacial score (nSPS) is 12.3. The molecule has 3 rings (SSSR count). The highest BCUT2D eigenvalue weighted by atomic mass is 79.9. The van der Waals surface area contributed by atoms with Crippen molar-refractivity contribution >= 4 is 42.8 Å². The van der Waals surface area contributed by atoms with Crippen molar-refractivity contribution in [2.45, 2.75) is 31.6 Å². The Bertz CT molecular complexity index is 1170. The number of aromatic nitrogens is 4. The van der Waals surface area contributed by atoms with Crippen molar-refractivity contribution in [3.05, 3.63) is 38.3 Å². The third kappa shape index (κ3) is 2.86. The second kappa shape index (κ2) is 6.27. The van der Waals surface area contributed by atoms with E-state index in [9.17, 15) is 13.2 Å². The summed E-state index contributed by atoms with van der Waals surface area (Å²) in [6, 6.07) is 3.11. The predicted octanol–water partition coefficient (Wildman–Crippen LogP) is 2.60. The highest BCUT2D eigenvalue weighted by molar-refractivity contribution is 9.10. The number of nitrogens with one attached hydrogen (secondary N) is 2. The molecule has 2 N–H and O–H groups in total. The Kier molecular flexibility index (Phi) is 4.51. The van der Waals surface area contributed by atoms with Crippen molar-refractivity contribution < 1.29 is 8.42 Å². The molecule has 0 fully saturated rings. The molecular formula is C16H20BrN5O3S. The van der Waals surface area contributed by atoms with Gasteiger partial charge in [-0.2, -0.15) is 5.10 Å². The lowest BCUT2D eigenvalue weighted by molar-refractivity contribution is 0.600. The molecule has 1 aromatic carbocycles. The van der Waals surface area contributed by atoms with Gasteiger partial charge in [-0.15, -0.1) is 0 Å². The number of anilines is 1. The Balaban J connectivity index is 2.11. The first-order chi connectivity index (χ1) is 12.0. The summed E-state index contributed by atoms with van der Waals surface area (Å²) in [6.07, 6.45) is 0. The number of aromatic amines is 1. The van der Waals surface area contributed by atoms with Gasteiger partial charge in [-0.1, -0.05) is 13.8 Å². The van der Waals surface area contributed by atoms with E-state index >= 15 is 0 Å². The molecule has 0 saturated carbocycles. The average molecular weight is 442 g/mol. The van der Waals surface area contributed by atoms with Crippen LogP contribution in [0.5, 0.6) is 0 Å². The monoisotopic (exact) mass is 441 g/mol. The summed E-state index contributed by atoms with van der Waals surface area (Å²) in [5.74, 6) is 0.463. The summed E-state index contributed by atoms with van der Waals surface area (Å²) >= 11 is 3.31. The van der Waals surface area contributed by atoms with Gasteiger partial charge in [-0.05, 0) is 40.9 Å². The molecule has 0 radical (unpaired) electrons. The summed E-state index contributed by atoms with van der Waals surface area (Å²) in [4.78, 5) is 12.1. The second-order valence-corrected chi connectivity index (χ2v) is 9.05. The van der Waals surface area contributed by atoms with E-state index in [1.807, 2.05) is 20.8 Å². The van der Waals surface area contributed by atoms with Gasteiger partial charge in [0.2, 0.25) is 0 Å². The fourth-order valence-electron chi connectivity index (χ4n) is 2.96. The molecule has 8 nitrogen and oxygen atoms in total. The molecule has 10 heteroatoms. The summed E-state index contributed by atoms with van der Waals surface area (Å²) in [5, 5.41) is 6.96. The summed E-state index contributed by atoms with van der Waals surface area (Å²) in [5.41, 5.74) is 2.58. The van der Waals surface area contributed by atoms with Gasteiger partial charge in [0, 0.05) is 29.8 Å². The van der Waals surface area contributed by atoms with E-state index in [0.717, 1.165) is 11.3 Å². The third-order valence-electron chi connectivity index (χ3n) is 4.47. The molecule has 0 aliphatic rings. The predicted molar refractivity (Wildman–Crippen MR) is 104 cm³/mol. The van der Waals surface area contributed by atoms with Gasteiger partial charge in [0.05, 0.1) is 11.0 Å². The zero-order chi connectivity index (χ0) is 19.4. The van der Waals surface area contributed by atoms with Crippen molar-refractivity contribution in [1.82, 2.24) is 19.3 Å². The van der Waals surface area contributed by atoms with Crippen LogP contribution in [0.4, 0.5) is 5.82 Å². The fraction of sp³-hybridized carbons (Fsp3) is 0.375. The van der Waals surface area contributed by atoms with Gasteiger partial charge in [0.15, 0.2) is 5.82 Å². The number of H-pyrrole nitrogens is 1. The molecule has 140 valence electrons. The van der Waals surface area contributed by atoms with Crippen LogP contribution in [0.1, 0.15) is 31.0 Å². The Morgan fingerprint density at radius 2 is 1.77 bits per heavy atom. The Labute approximate surface area is 159 Å². The summed E-state index contributed by atoms with van der Waals surface area (Å²) < 4.78 is 31.6.